The Kier molecular flexibility index (Phi) is 7.65. The highest BCUT2D eigenvalue weighted by Crippen LogP contribution is 2.38. The van der Waals surface area contributed by atoms with Crippen molar-refractivity contribution in [1.82, 2.24) is 25.2 Å². The quantitative estimate of drug-likeness (QED) is 0.321. The minimum Gasteiger partial charge on any atom is -0.390 e. The van der Waals surface area contributed by atoms with Gasteiger partial charge in [0.1, 0.15) is 11.5 Å². The van der Waals surface area contributed by atoms with Crippen molar-refractivity contribution in [1.29, 1.82) is 0 Å². The Hall–Kier alpha value is -4.18. The summed E-state index contributed by atoms with van der Waals surface area (Å²) in [5.74, 6) is -0.513. The minimum absolute atomic E-state index is 0.195. The first-order valence-electron chi connectivity index (χ1n) is 12.7. The van der Waals surface area contributed by atoms with Gasteiger partial charge in [0, 0.05) is 43.3 Å². The van der Waals surface area contributed by atoms with Gasteiger partial charge in [0.05, 0.1) is 46.2 Å². The maximum absolute atomic E-state index is 14.4. The standard InChI is InChI=1S/C28H30ClFN8O/c1-17(36-27(33-15-31)24-18(2)34-16-35-24)21-14-22(29)19-7-5-9-32-25(19)26(21)37-10-12-38(13-11-37)28(39)20-6-3-4-8-23(20)30/h3-9,14-17,20,23,36H,2,10-13H2,1H3,(H2,31,33)(H,34,35)/b27-24-. The fraction of sp³-hybridized carbons (Fsp3) is 0.286. The zero-order chi connectivity index (χ0) is 27.5. The Morgan fingerprint density at radius 2 is 2.08 bits per heavy atom. The van der Waals surface area contributed by atoms with E-state index in [-0.39, 0.29) is 11.9 Å². The van der Waals surface area contributed by atoms with Gasteiger partial charge >= 0.3 is 0 Å². The number of rotatable bonds is 6. The van der Waals surface area contributed by atoms with Gasteiger partial charge in [-0.25, -0.2) is 14.4 Å². The Morgan fingerprint density at radius 3 is 2.77 bits per heavy atom. The van der Waals surface area contributed by atoms with Crippen LogP contribution < -0.4 is 26.6 Å². The molecule has 1 aliphatic heterocycles. The van der Waals surface area contributed by atoms with Gasteiger partial charge in [0.2, 0.25) is 5.91 Å². The van der Waals surface area contributed by atoms with Crippen molar-refractivity contribution in [3.8, 4) is 0 Å². The highest BCUT2D eigenvalue weighted by atomic mass is 35.5. The first-order valence-corrected chi connectivity index (χ1v) is 13.1. The van der Waals surface area contributed by atoms with Crippen molar-refractivity contribution in [3.63, 3.8) is 0 Å². The summed E-state index contributed by atoms with van der Waals surface area (Å²) >= 11 is 6.73. The number of carbonyl (C=O) groups is 1. The van der Waals surface area contributed by atoms with E-state index in [1.54, 1.807) is 35.7 Å². The largest absolute Gasteiger partial charge is 0.390 e. The average molecular weight is 549 g/mol. The number of benzene rings is 1. The number of piperazine rings is 1. The molecule has 3 aromatic rings. The summed E-state index contributed by atoms with van der Waals surface area (Å²) in [5, 5.41) is 5.98. The molecule has 0 saturated carbocycles. The molecule has 3 heterocycles. The predicted molar refractivity (Wildman–Crippen MR) is 153 cm³/mol. The monoisotopic (exact) mass is 548 g/mol. The van der Waals surface area contributed by atoms with Crippen molar-refractivity contribution in [2.75, 3.05) is 31.1 Å². The highest BCUT2D eigenvalue weighted by molar-refractivity contribution is 6.36. The zero-order valence-corrected chi connectivity index (χ0v) is 22.3. The number of aromatic amines is 1. The lowest BCUT2D eigenvalue weighted by Crippen LogP contribution is -2.51. The summed E-state index contributed by atoms with van der Waals surface area (Å²) < 4.78 is 14.4. The van der Waals surface area contributed by atoms with E-state index in [4.69, 9.17) is 22.3 Å². The Bertz CT molecular complexity index is 1570. The summed E-state index contributed by atoms with van der Waals surface area (Å²) in [4.78, 5) is 33.3. The number of aromatic nitrogens is 3. The number of alkyl halides is 1. The number of nitrogens with zero attached hydrogens (tertiary/aromatic N) is 5. The second-order valence-corrected chi connectivity index (χ2v) is 9.88. The van der Waals surface area contributed by atoms with Crippen molar-refractivity contribution in [2.45, 2.75) is 19.1 Å². The molecule has 4 N–H and O–H groups in total. The molecule has 5 rings (SSSR count). The molecule has 2 aromatic heterocycles. The SMILES string of the molecule is C=c1[nH]cn/c1=C(/N=CN)NC(C)c1cc(Cl)c2cccnc2c1N1CCN(C(=O)C2C=CC=CC2F)CC1. The number of hydrogen-bond donors (Lipinski definition) is 3. The van der Waals surface area contributed by atoms with E-state index in [0.29, 0.717) is 47.7 Å². The molecule has 2 aliphatic rings. The summed E-state index contributed by atoms with van der Waals surface area (Å²) in [5.41, 5.74) is 8.21. The van der Waals surface area contributed by atoms with Gasteiger partial charge in [-0.2, -0.15) is 0 Å². The second-order valence-electron chi connectivity index (χ2n) is 9.47. The number of imidazole rings is 1. The molecule has 1 aromatic carbocycles. The van der Waals surface area contributed by atoms with E-state index >= 15 is 0 Å². The van der Waals surface area contributed by atoms with Crippen molar-refractivity contribution < 1.29 is 9.18 Å². The van der Waals surface area contributed by atoms with Crippen LogP contribution >= 0.6 is 11.6 Å². The Balaban J connectivity index is 1.48. The second kappa shape index (κ2) is 11.3. The van der Waals surface area contributed by atoms with Crippen molar-refractivity contribution in [2.24, 2.45) is 16.6 Å². The van der Waals surface area contributed by atoms with E-state index < -0.39 is 12.1 Å². The molecule has 0 spiro atoms. The van der Waals surface area contributed by atoms with Gasteiger partial charge in [-0.1, -0.05) is 36.4 Å². The topological polar surface area (TPSA) is 116 Å². The smallest absolute Gasteiger partial charge is 0.232 e. The molecule has 9 nitrogen and oxygen atoms in total. The van der Waals surface area contributed by atoms with Crippen molar-refractivity contribution in [3.05, 3.63) is 76.3 Å². The number of nitrogens with two attached hydrogens (primary N) is 1. The number of anilines is 1. The maximum Gasteiger partial charge on any atom is 0.232 e. The van der Waals surface area contributed by atoms with E-state index in [2.05, 4.69) is 31.8 Å². The number of pyridine rings is 1. The first-order chi connectivity index (χ1) is 18.9. The van der Waals surface area contributed by atoms with Crippen LogP contribution in [0.15, 0.2) is 60.0 Å². The number of halogens is 2. The van der Waals surface area contributed by atoms with E-state index in [0.717, 1.165) is 22.2 Å². The molecule has 202 valence electrons. The number of amides is 1. The number of fused-ring (bicyclic) bond motifs is 1. The van der Waals surface area contributed by atoms with Gasteiger partial charge in [-0.05, 0) is 31.2 Å². The molecule has 1 saturated heterocycles. The van der Waals surface area contributed by atoms with Gasteiger partial charge in [0.15, 0.2) is 5.82 Å². The Labute approximate surface area is 230 Å². The van der Waals surface area contributed by atoms with Crippen LogP contribution in [0.5, 0.6) is 0 Å². The van der Waals surface area contributed by atoms with Crippen LogP contribution in [-0.4, -0.2) is 64.4 Å². The number of hydrogen-bond acceptors (Lipinski definition) is 6. The third-order valence-electron chi connectivity index (χ3n) is 7.07. The number of nitrogens with one attached hydrogen (secondary N) is 2. The van der Waals surface area contributed by atoms with Crippen LogP contribution in [0.1, 0.15) is 18.5 Å². The summed E-state index contributed by atoms with van der Waals surface area (Å²) in [6, 6.07) is 5.45. The first kappa shape index (κ1) is 26.4. The number of allylic oxidation sites excluding steroid dienone is 3. The number of aliphatic imine (C=N–C) groups is 1. The van der Waals surface area contributed by atoms with Crippen LogP contribution in [0.25, 0.3) is 23.3 Å². The fourth-order valence-corrected chi connectivity index (χ4v) is 5.35. The summed E-state index contributed by atoms with van der Waals surface area (Å²) in [6.07, 6.45) is 9.59. The summed E-state index contributed by atoms with van der Waals surface area (Å²) in [7, 11) is 0. The molecule has 39 heavy (non-hydrogen) atoms. The molecule has 0 radical (unpaired) electrons. The molecule has 0 bridgehead atoms. The summed E-state index contributed by atoms with van der Waals surface area (Å²) in [6.45, 7) is 8.01. The van der Waals surface area contributed by atoms with Gasteiger partial charge in [0.25, 0.3) is 0 Å². The van der Waals surface area contributed by atoms with Crippen LogP contribution in [0, 0.1) is 5.92 Å². The van der Waals surface area contributed by atoms with E-state index in [9.17, 15) is 9.18 Å². The lowest BCUT2D eigenvalue weighted by Gasteiger charge is -2.39. The van der Waals surface area contributed by atoms with Gasteiger partial charge in [-0.3, -0.25) is 9.78 Å². The molecule has 1 aliphatic carbocycles. The predicted octanol–water partition coefficient (Wildman–Crippen LogP) is 2.15. The number of carbonyl (C=O) groups excluding carboxylic acids is 1. The van der Waals surface area contributed by atoms with E-state index in [1.165, 1.54) is 12.4 Å². The van der Waals surface area contributed by atoms with Gasteiger partial charge < -0.3 is 25.8 Å². The molecule has 1 fully saturated rings. The van der Waals surface area contributed by atoms with E-state index in [1.807, 2.05) is 25.1 Å². The number of H-pyrrole nitrogens is 1. The fourth-order valence-electron chi connectivity index (χ4n) is 5.08. The zero-order valence-electron chi connectivity index (χ0n) is 21.5. The van der Waals surface area contributed by atoms with Crippen molar-refractivity contribution >= 4 is 52.8 Å². The lowest BCUT2D eigenvalue weighted by atomic mass is 9.96. The van der Waals surface area contributed by atoms with Gasteiger partial charge in [-0.15, -0.1) is 0 Å². The van der Waals surface area contributed by atoms with Crippen LogP contribution in [0.4, 0.5) is 10.1 Å². The third kappa shape index (κ3) is 5.24. The normalized spacial score (nSPS) is 21.0. The lowest BCUT2D eigenvalue weighted by molar-refractivity contribution is -0.135. The molecule has 11 heteroatoms. The maximum atomic E-state index is 14.4. The third-order valence-corrected chi connectivity index (χ3v) is 7.38. The highest BCUT2D eigenvalue weighted by Gasteiger charge is 2.32. The molecule has 1 amide bonds. The van der Waals surface area contributed by atoms with Crippen LogP contribution in [0.2, 0.25) is 5.02 Å². The molecular formula is C28H30ClFN8O. The van der Waals surface area contributed by atoms with Crippen LogP contribution in [0.3, 0.4) is 0 Å². The molecular weight excluding hydrogens is 519 g/mol. The van der Waals surface area contributed by atoms with Crippen LogP contribution in [-0.2, 0) is 4.79 Å². The Morgan fingerprint density at radius 1 is 1.31 bits per heavy atom. The minimum atomic E-state index is -1.31. The average Bonchev–Trinajstić information content (AvgIpc) is 3.38. The molecule has 3 atom stereocenters. The molecule has 3 unspecified atom stereocenters.